The van der Waals surface area contributed by atoms with Crippen LogP contribution in [0.5, 0.6) is 0 Å². The van der Waals surface area contributed by atoms with Crippen molar-refractivity contribution in [1.82, 2.24) is 15.2 Å². The number of aryl methyl sites for hydroxylation is 1. The average Bonchev–Trinajstić information content (AvgIpc) is 3.21. The second-order valence-corrected chi connectivity index (χ2v) is 7.90. The van der Waals surface area contributed by atoms with E-state index in [-0.39, 0.29) is 12.3 Å². The number of nitrogens with one attached hydrogen (secondary N) is 1. The van der Waals surface area contributed by atoms with Crippen LogP contribution in [0.3, 0.4) is 0 Å². The van der Waals surface area contributed by atoms with E-state index in [2.05, 4.69) is 15.6 Å². The zero-order valence-corrected chi connectivity index (χ0v) is 17.3. The molecule has 0 spiro atoms. The van der Waals surface area contributed by atoms with Crippen molar-refractivity contribution in [3.05, 3.63) is 72.6 Å². The lowest BCUT2D eigenvalue weighted by molar-refractivity contribution is -0.120. The lowest BCUT2D eigenvalue weighted by atomic mass is 10.2. The summed E-state index contributed by atoms with van der Waals surface area (Å²) in [5.74, 6) is -0.197. The van der Waals surface area contributed by atoms with Gasteiger partial charge in [0.2, 0.25) is 5.91 Å². The number of hydrogen-bond donors (Lipinski definition) is 1. The van der Waals surface area contributed by atoms with Gasteiger partial charge < -0.3 is 0 Å². The number of carbonyl (C=O) groups excluding carboxylic acids is 1. The number of hydrazone groups is 1. The van der Waals surface area contributed by atoms with Gasteiger partial charge in [-0.1, -0.05) is 46.9 Å². The van der Waals surface area contributed by atoms with Gasteiger partial charge >= 0.3 is 0 Å². The second kappa shape index (κ2) is 8.89. The number of aromatic nitrogens is 2. The summed E-state index contributed by atoms with van der Waals surface area (Å²) in [6, 6.07) is 9.11. The van der Waals surface area contributed by atoms with E-state index < -0.39 is 0 Å². The van der Waals surface area contributed by atoms with Crippen LogP contribution >= 0.6 is 46.1 Å². The van der Waals surface area contributed by atoms with Crippen molar-refractivity contribution in [2.24, 2.45) is 5.10 Å². The van der Waals surface area contributed by atoms with Crippen molar-refractivity contribution in [2.45, 2.75) is 19.9 Å². The number of halogens is 3. The number of hydrogen-bond acceptors (Lipinski definition) is 4. The van der Waals surface area contributed by atoms with Gasteiger partial charge in [0, 0.05) is 20.5 Å². The molecule has 0 saturated carbocycles. The molecule has 2 heterocycles. The first-order valence-electron chi connectivity index (χ1n) is 7.95. The highest BCUT2D eigenvalue weighted by Crippen LogP contribution is 2.27. The van der Waals surface area contributed by atoms with Crippen LogP contribution in [0.2, 0.25) is 15.2 Å². The number of benzene rings is 1. The highest BCUT2D eigenvalue weighted by Gasteiger charge is 2.15. The van der Waals surface area contributed by atoms with Gasteiger partial charge in [0.25, 0.3) is 0 Å². The van der Waals surface area contributed by atoms with E-state index in [1.165, 1.54) is 17.6 Å². The zero-order valence-electron chi connectivity index (χ0n) is 14.2. The summed E-state index contributed by atoms with van der Waals surface area (Å²) < 4.78 is 1.60. The van der Waals surface area contributed by atoms with Crippen LogP contribution in [0.1, 0.15) is 21.7 Å². The summed E-state index contributed by atoms with van der Waals surface area (Å²) in [4.78, 5) is 12.9. The Balaban J connectivity index is 1.71. The van der Waals surface area contributed by atoms with Gasteiger partial charge in [-0.2, -0.15) is 10.2 Å². The van der Waals surface area contributed by atoms with Crippen LogP contribution < -0.4 is 5.43 Å². The summed E-state index contributed by atoms with van der Waals surface area (Å²) >= 11 is 20.4. The van der Waals surface area contributed by atoms with Gasteiger partial charge in [-0.15, -0.1) is 11.3 Å². The van der Waals surface area contributed by atoms with Crippen LogP contribution in [0, 0.1) is 6.92 Å². The van der Waals surface area contributed by atoms with Gasteiger partial charge in [0.05, 0.1) is 30.4 Å². The molecule has 5 nitrogen and oxygen atoms in total. The van der Waals surface area contributed by atoms with E-state index in [0.717, 1.165) is 10.4 Å². The van der Waals surface area contributed by atoms with Gasteiger partial charge in [0.1, 0.15) is 5.15 Å². The maximum absolute atomic E-state index is 11.9. The van der Waals surface area contributed by atoms with Crippen molar-refractivity contribution in [3.63, 3.8) is 0 Å². The number of thiophene rings is 1. The fraction of sp³-hybridized carbons (Fsp3) is 0.167. The SMILES string of the molecule is Cc1nn(Cc2c(Cl)cccc2Cl)c(Cl)c1/C=N/NC(=O)Cc1cccs1. The molecule has 1 amide bonds. The van der Waals surface area contributed by atoms with Crippen LogP contribution in [0.15, 0.2) is 40.8 Å². The third kappa shape index (κ3) is 4.90. The summed E-state index contributed by atoms with van der Waals surface area (Å²) in [5, 5.41) is 11.8. The minimum atomic E-state index is -0.197. The molecular weight excluding hydrogens is 427 g/mol. The Hall–Kier alpha value is -1.86. The highest BCUT2D eigenvalue weighted by atomic mass is 35.5. The van der Waals surface area contributed by atoms with E-state index in [1.54, 1.807) is 22.9 Å². The van der Waals surface area contributed by atoms with Crippen molar-refractivity contribution in [1.29, 1.82) is 0 Å². The normalized spacial score (nSPS) is 11.3. The molecule has 9 heteroatoms. The molecule has 0 bridgehead atoms. The lowest BCUT2D eigenvalue weighted by Gasteiger charge is -2.08. The molecule has 0 atom stereocenters. The molecule has 1 aromatic carbocycles. The van der Waals surface area contributed by atoms with Crippen LogP contribution in [-0.2, 0) is 17.8 Å². The Kier molecular flexibility index (Phi) is 6.55. The number of rotatable bonds is 6. The first kappa shape index (κ1) is 19.9. The number of amides is 1. The Labute approximate surface area is 175 Å². The fourth-order valence-corrected chi connectivity index (χ4v) is 3.94. The maximum atomic E-state index is 11.9. The van der Waals surface area contributed by atoms with Gasteiger partial charge in [-0.05, 0) is 30.5 Å². The topological polar surface area (TPSA) is 59.3 Å². The molecule has 0 aliphatic rings. The molecule has 0 unspecified atom stereocenters. The summed E-state index contributed by atoms with van der Waals surface area (Å²) in [5.41, 5.74) is 4.54. The van der Waals surface area contributed by atoms with E-state index in [4.69, 9.17) is 34.8 Å². The molecule has 0 fully saturated rings. The van der Waals surface area contributed by atoms with Crippen LogP contribution in [-0.4, -0.2) is 21.9 Å². The molecule has 0 saturated heterocycles. The molecule has 2 aromatic heterocycles. The standard InChI is InChI=1S/C18H15Cl3N4OS/c1-11-13(9-22-23-17(26)8-12-4-3-7-27-12)18(21)25(24-11)10-14-15(19)5-2-6-16(14)20/h2-7,9H,8,10H2,1H3,(H,23,26)/b22-9+. The highest BCUT2D eigenvalue weighted by molar-refractivity contribution is 7.10. The third-order valence-corrected chi connectivity index (χ3v) is 5.76. The van der Waals surface area contributed by atoms with E-state index in [1.807, 2.05) is 24.4 Å². The minimum absolute atomic E-state index is 0.197. The minimum Gasteiger partial charge on any atom is -0.273 e. The van der Waals surface area contributed by atoms with Crippen LogP contribution in [0.4, 0.5) is 0 Å². The predicted molar refractivity (Wildman–Crippen MR) is 111 cm³/mol. The van der Waals surface area contributed by atoms with Gasteiger partial charge in [0.15, 0.2) is 0 Å². The number of nitrogens with zero attached hydrogens (tertiary/aromatic N) is 3. The Morgan fingerprint density at radius 2 is 2.00 bits per heavy atom. The van der Waals surface area contributed by atoms with E-state index in [9.17, 15) is 4.79 Å². The van der Waals surface area contributed by atoms with Crippen molar-refractivity contribution >= 4 is 58.3 Å². The molecule has 1 N–H and O–H groups in total. The quantitative estimate of drug-likeness (QED) is 0.434. The first-order valence-corrected chi connectivity index (χ1v) is 9.97. The Morgan fingerprint density at radius 1 is 1.26 bits per heavy atom. The Morgan fingerprint density at radius 3 is 2.67 bits per heavy atom. The fourth-order valence-electron chi connectivity index (χ4n) is 2.43. The average molecular weight is 442 g/mol. The van der Waals surface area contributed by atoms with Crippen LogP contribution in [0.25, 0.3) is 0 Å². The summed E-state index contributed by atoms with van der Waals surface area (Å²) in [6.07, 6.45) is 1.77. The lowest BCUT2D eigenvalue weighted by Crippen LogP contribution is -2.19. The molecule has 3 rings (SSSR count). The molecule has 0 radical (unpaired) electrons. The first-order chi connectivity index (χ1) is 13.0. The smallest absolute Gasteiger partial charge is 0.245 e. The monoisotopic (exact) mass is 440 g/mol. The molecular formula is C18H15Cl3N4OS. The maximum Gasteiger partial charge on any atom is 0.245 e. The third-order valence-electron chi connectivity index (χ3n) is 3.78. The van der Waals surface area contributed by atoms with Crippen molar-refractivity contribution in [3.8, 4) is 0 Å². The zero-order chi connectivity index (χ0) is 19.4. The molecule has 27 heavy (non-hydrogen) atoms. The molecule has 0 aliphatic carbocycles. The molecule has 140 valence electrons. The summed E-state index contributed by atoms with van der Waals surface area (Å²) in [7, 11) is 0. The van der Waals surface area contributed by atoms with E-state index >= 15 is 0 Å². The largest absolute Gasteiger partial charge is 0.273 e. The Bertz CT molecular complexity index is 963. The van der Waals surface area contributed by atoms with Gasteiger partial charge in [-0.3, -0.25) is 4.79 Å². The van der Waals surface area contributed by atoms with Crippen molar-refractivity contribution in [2.75, 3.05) is 0 Å². The van der Waals surface area contributed by atoms with E-state index in [0.29, 0.717) is 33.0 Å². The van der Waals surface area contributed by atoms with Gasteiger partial charge in [-0.25, -0.2) is 10.1 Å². The molecule has 3 aromatic rings. The van der Waals surface area contributed by atoms with Crippen molar-refractivity contribution < 1.29 is 4.79 Å². The number of carbonyl (C=O) groups is 1. The second-order valence-electron chi connectivity index (χ2n) is 5.70. The predicted octanol–water partition coefficient (Wildman–Crippen LogP) is 4.95. The summed E-state index contributed by atoms with van der Waals surface area (Å²) in [6.45, 7) is 2.14. The molecule has 0 aliphatic heterocycles.